The highest BCUT2D eigenvalue weighted by molar-refractivity contribution is 7.84. The Morgan fingerprint density at radius 3 is 2.21 bits per heavy atom. The molecule has 2 aromatic heterocycles. The first-order chi connectivity index (χ1) is 13.7. The Kier molecular flexibility index (Phi) is 6.34. The van der Waals surface area contributed by atoms with E-state index in [1.165, 1.54) is 0 Å². The molecule has 0 bridgehead atoms. The molecule has 3 aromatic rings. The van der Waals surface area contributed by atoms with E-state index in [0.717, 1.165) is 40.4 Å². The lowest BCUT2D eigenvalue weighted by atomic mass is 9.99. The molecular weight excluding hydrogens is 380 g/mol. The highest BCUT2D eigenvalue weighted by Gasteiger charge is 2.25. The van der Waals surface area contributed by atoms with Crippen molar-refractivity contribution in [1.29, 1.82) is 0 Å². The molecule has 5 nitrogen and oxygen atoms in total. The molecule has 1 aromatic carbocycles. The largest absolute Gasteiger partial charge is 0.302 e. The SMILES string of the molecule is CC[C@@H](NS(=O)C(C)(C)C)c1cc(-n2c(C)ccc2C)nnc1-c1ccccc1. The van der Waals surface area contributed by atoms with Gasteiger partial charge in [-0.3, -0.25) is 0 Å². The summed E-state index contributed by atoms with van der Waals surface area (Å²) >= 11 is 0. The summed E-state index contributed by atoms with van der Waals surface area (Å²) < 4.78 is 17.9. The van der Waals surface area contributed by atoms with E-state index in [1.54, 1.807) is 0 Å². The zero-order valence-electron chi connectivity index (χ0n) is 18.1. The minimum absolute atomic E-state index is 0.101. The molecule has 3 rings (SSSR count). The van der Waals surface area contributed by atoms with Crippen molar-refractivity contribution in [3.63, 3.8) is 0 Å². The highest BCUT2D eigenvalue weighted by atomic mass is 32.2. The summed E-state index contributed by atoms with van der Waals surface area (Å²) in [5.74, 6) is 0.779. The Morgan fingerprint density at radius 1 is 1.03 bits per heavy atom. The third-order valence-electron chi connectivity index (χ3n) is 4.95. The predicted molar refractivity (Wildman–Crippen MR) is 120 cm³/mol. The van der Waals surface area contributed by atoms with Crippen LogP contribution >= 0.6 is 0 Å². The number of benzene rings is 1. The minimum Gasteiger partial charge on any atom is -0.302 e. The quantitative estimate of drug-likeness (QED) is 0.618. The molecule has 0 spiro atoms. The van der Waals surface area contributed by atoms with E-state index in [9.17, 15) is 4.21 Å². The lowest BCUT2D eigenvalue weighted by Crippen LogP contribution is -2.36. The van der Waals surface area contributed by atoms with E-state index in [0.29, 0.717) is 0 Å². The normalized spacial score (nSPS) is 14.0. The molecule has 0 aliphatic heterocycles. The maximum absolute atomic E-state index is 12.8. The standard InChI is InChI=1S/C23H30N4OS/c1-7-20(26-29(28)23(4,5)6)19-15-21(27-16(2)13-14-17(27)3)24-25-22(19)18-11-9-8-10-12-18/h8-15,20,26H,7H2,1-6H3/t20-,29?/m1/s1. The summed E-state index contributed by atoms with van der Waals surface area (Å²) in [6, 6.07) is 16.2. The molecule has 2 atom stereocenters. The minimum atomic E-state index is -1.19. The monoisotopic (exact) mass is 410 g/mol. The fourth-order valence-corrected chi connectivity index (χ4v) is 4.20. The summed E-state index contributed by atoms with van der Waals surface area (Å²) in [6.07, 6.45) is 0.788. The molecular formula is C23H30N4OS. The van der Waals surface area contributed by atoms with Crippen molar-refractivity contribution in [1.82, 2.24) is 19.5 Å². The number of rotatable bonds is 6. The van der Waals surface area contributed by atoms with E-state index in [-0.39, 0.29) is 10.8 Å². The van der Waals surface area contributed by atoms with Gasteiger partial charge >= 0.3 is 0 Å². The van der Waals surface area contributed by atoms with Crippen LogP contribution in [0, 0.1) is 13.8 Å². The zero-order valence-corrected chi connectivity index (χ0v) is 18.9. The molecule has 0 saturated heterocycles. The molecule has 2 heterocycles. The zero-order chi connectivity index (χ0) is 21.2. The maximum atomic E-state index is 12.8. The summed E-state index contributed by atoms with van der Waals surface area (Å²) in [5.41, 5.74) is 5.05. The van der Waals surface area contributed by atoms with E-state index < -0.39 is 11.0 Å². The van der Waals surface area contributed by atoms with Crippen molar-refractivity contribution in [3.05, 3.63) is 65.5 Å². The van der Waals surface area contributed by atoms with Crippen LogP contribution in [-0.2, 0) is 11.0 Å². The number of aromatic nitrogens is 3. The van der Waals surface area contributed by atoms with E-state index >= 15 is 0 Å². The van der Waals surface area contributed by atoms with Crippen molar-refractivity contribution in [2.75, 3.05) is 0 Å². The van der Waals surface area contributed by atoms with Gasteiger partial charge in [-0.25, -0.2) is 8.93 Å². The smallest absolute Gasteiger partial charge is 0.160 e. The first-order valence-electron chi connectivity index (χ1n) is 9.98. The van der Waals surface area contributed by atoms with Crippen LogP contribution in [0.3, 0.4) is 0 Å². The van der Waals surface area contributed by atoms with Gasteiger partial charge in [0.2, 0.25) is 0 Å². The van der Waals surface area contributed by atoms with E-state index in [4.69, 9.17) is 0 Å². The average molecular weight is 411 g/mol. The van der Waals surface area contributed by atoms with Crippen molar-refractivity contribution < 1.29 is 4.21 Å². The third-order valence-corrected chi connectivity index (χ3v) is 6.56. The Labute approximate surface area is 176 Å². The molecule has 0 aliphatic rings. The summed E-state index contributed by atoms with van der Waals surface area (Å²) in [6.45, 7) is 12.1. The van der Waals surface area contributed by atoms with Gasteiger partial charge in [0.15, 0.2) is 5.82 Å². The Morgan fingerprint density at radius 2 is 1.66 bits per heavy atom. The van der Waals surface area contributed by atoms with Gasteiger partial charge in [-0.05, 0) is 59.2 Å². The van der Waals surface area contributed by atoms with Gasteiger partial charge in [0.1, 0.15) is 0 Å². The van der Waals surface area contributed by atoms with Crippen molar-refractivity contribution in [2.24, 2.45) is 0 Å². The third kappa shape index (κ3) is 4.65. The lowest BCUT2D eigenvalue weighted by molar-refractivity contribution is 0.587. The molecule has 0 fully saturated rings. The second-order valence-corrected chi connectivity index (χ2v) is 10.3. The number of aryl methyl sites for hydroxylation is 2. The second kappa shape index (κ2) is 8.59. The molecule has 0 amide bonds. The Bertz CT molecular complexity index is 986. The fourth-order valence-electron chi connectivity index (χ4n) is 3.29. The predicted octanol–water partition coefficient (Wildman–Crippen LogP) is 5.05. The second-order valence-electron chi connectivity index (χ2n) is 8.28. The lowest BCUT2D eigenvalue weighted by Gasteiger charge is -2.25. The summed E-state index contributed by atoms with van der Waals surface area (Å²) in [7, 11) is -1.19. The maximum Gasteiger partial charge on any atom is 0.160 e. The average Bonchev–Trinajstić information content (AvgIpc) is 3.03. The van der Waals surface area contributed by atoms with Gasteiger partial charge in [0.25, 0.3) is 0 Å². The number of hydrogen-bond acceptors (Lipinski definition) is 3. The highest BCUT2D eigenvalue weighted by Crippen LogP contribution is 2.30. The molecule has 1 N–H and O–H groups in total. The molecule has 0 aliphatic carbocycles. The molecule has 0 saturated carbocycles. The van der Waals surface area contributed by atoms with Crippen molar-refractivity contribution >= 4 is 11.0 Å². The first-order valence-corrected chi connectivity index (χ1v) is 11.1. The number of nitrogens with one attached hydrogen (secondary N) is 1. The molecule has 154 valence electrons. The van der Waals surface area contributed by atoms with Crippen LogP contribution in [0.15, 0.2) is 48.5 Å². The van der Waals surface area contributed by atoms with Crippen LogP contribution in [0.25, 0.3) is 17.1 Å². The van der Waals surface area contributed by atoms with E-state index in [2.05, 4.69) is 58.5 Å². The van der Waals surface area contributed by atoms with Gasteiger partial charge in [-0.1, -0.05) is 37.3 Å². The van der Waals surface area contributed by atoms with Gasteiger partial charge in [-0.15, -0.1) is 10.2 Å². The van der Waals surface area contributed by atoms with Crippen LogP contribution in [0.4, 0.5) is 0 Å². The van der Waals surface area contributed by atoms with Gasteiger partial charge in [0.05, 0.1) is 21.4 Å². The fraction of sp³-hybridized carbons (Fsp3) is 0.391. The topological polar surface area (TPSA) is 59.8 Å². The van der Waals surface area contributed by atoms with E-state index in [1.807, 2.05) is 51.1 Å². The Hall–Kier alpha value is -2.31. The van der Waals surface area contributed by atoms with Crippen LogP contribution in [0.1, 0.15) is 57.1 Å². The van der Waals surface area contributed by atoms with Crippen LogP contribution in [0.5, 0.6) is 0 Å². The van der Waals surface area contributed by atoms with Crippen LogP contribution in [-0.4, -0.2) is 23.7 Å². The van der Waals surface area contributed by atoms with Crippen LogP contribution in [0.2, 0.25) is 0 Å². The summed E-state index contributed by atoms with van der Waals surface area (Å²) in [5, 5.41) is 9.15. The summed E-state index contributed by atoms with van der Waals surface area (Å²) in [4.78, 5) is 0. The number of nitrogens with zero attached hydrogens (tertiary/aromatic N) is 3. The van der Waals surface area contributed by atoms with Crippen molar-refractivity contribution in [2.45, 2.75) is 58.8 Å². The first kappa shape index (κ1) is 21.4. The van der Waals surface area contributed by atoms with Crippen LogP contribution < -0.4 is 4.72 Å². The molecule has 1 unspecified atom stereocenters. The van der Waals surface area contributed by atoms with Gasteiger partial charge in [0, 0.05) is 28.6 Å². The molecule has 29 heavy (non-hydrogen) atoms. The Balaban J connectivity index is 2.14. The molecule has 6 heteroatoms. The van der Waals surface area contributed by atoms with Gasteiger partial charge < -0.3 is 4.57 Å². The number of hydrogen-bond donors (Lipinski definition) is 1. The van der Waals surface area contributed by atoms with Crippen molar-refractivity contribution in [3.8, 4) is 17.1 Å². The molecule has 0 radical (unpaired) electrons. The van der Waals surface area contributed by atoms with Gasteiger partial charge in [-0.2, -0.15) is 0 Å².